The molecule has 1 aliphatic rings. The lowest BCUT2D eigenvalue weighted by Crippen LogP contribution is -2.56. The van der Waals surface area contributed by atoms with Crippen molar-refractivity contribution in [2.24, 2.45) is 17.1 Å². The van der Waals surface area contributed by atoms with Crippen LogP contribution in [0.25, 0.3) is 0 Å². The minimum atomic E-state index is -1.70. The molecule has 0 saturated heterocycles. The first-order valence-corrected chi connectivity index (χ1v) is 10.4. The molecule has 1 rings (SSSR count). The average Bonchev–Trinajstić information content (AvgIpc) is 2.59. The Labute approximate surface area is 168 Å². The van der Waals surface area contributed by atoms with Crippen LogP contribution in [0.1, 0.15) is 79.6 Å². The SMILES string of the molecule is CCOC(=O)C(CC1CCCCC1)(C(=O)OCC)C(N)CC(=O)OC(C)(C)C. The lowest BCUT2D eigenvalue weighted by molar-refractivity contribution is -0.177. The topological polar surface area (TPSA) is 105 Å². The van der Waals surface area contributed by atoms with E-state index in [9.17, 15) is 14.4 Å². The Kier molecular flexibility index (Phi) is 9.40. The van der Waals surface area contributed by atoms with E-state index in [0.29, 0.717) is 0 Å². The first-order valence-electron chi connectivity index (χ1n) is 10.4. The molecule has 0 aromatic heterocycles. The largest absolute Gasteiger partial charge is 0.465 e. The van der Waals surface area contributed by atoms with Gasteiger partial charge in [0.25, 0.3) is 0 Å². The number of carbonyl (C=O) groups is 3. The summed E-state index contributed by atoms with van der Waals surface area (Å²) in [6.45, 7) is 8.84. The fourth-order valence-electron chi connectivity index (χ4n) is 3.81. The molecule has 0 bridgehead atoms. The van der Waals surface area contributed by atoms with E-state index in [1.807, 2.05) is 0 Å². The molecule has 1 unspecified atom stereocenters. The molecule has 0 radical (unpaired) electrons. The summed E-state index contributed by atoms with van der Waals surface area (Å²) in [5.74, 6) is -1.82. The van der Waals surface area contributed by atoms with Gasteiger partial charge in [0.1, 0.15) is 5.60 Å². The van der Waals surface area contributed by atoms with Crippen molar-refractivity contribution in [1.29, 1.82) is 0 Å². The van der Waals surface area contributed by atoms with E-state index in [-0.39, 0.29) is 32.0 Å². The zero-order chi connectivity index (χ0) is 21.4. The summed E-state index contributed by atoms with van der Waals surface area (Å²) in [6.07, 6.45) is 5.05. The van der Waals surface area contributed by atoms with Crippen LogP contribution in [0.5, 0.6) is 0 Å². The van der Waals surface area contributed by atoms with E-state index < -0.39 is 35.0 Å². The molecule has 162 valence electrons. The van der Waals surface area contributed by atoms with Gasteiger partial charge in [-0.3, -0.25) is 14.4 Å². The predicted octanol–water partition coefficient (Wildman–Crippen LogP) is 3.13. The highest BCUT2D eigenvalue weighted by molar-refractivity contribution is 6.01. The minimum Gasteiger partial charge on any atom is -0.465 e. The second kappa shape index (κ2) is 10.8. The van der Waals surface area contributed by atoms with Gasteiger partial charge in [0.2, 0.25) is 0 Å². The third kappa shape index (κ3) is 6.76. The normalized spacial score (nSPS) is 16.9. The van der Waals surface area contributed by atoms with Crippen LogP contribution >= 0.6 is 0 Å². The Morgan fingerprint density at radius 2 is 1.46 bits per heavy atom. The molecule has 0 aromatic carbocycles. The van der Waals surface area contributed by atoms with Crippen molar-refractivity contribution in [2.75, 3.05) is 13.2 Å². The Morgan fingerprint density at radius 1 is 0.964 bits per heavy atom. The Bertz CT molecular complexity index is 516. The van der Waals surface area contributed by atoms with Crippen LogP contribution in [0, 0.1) is 11.3 Å². The maximum Gasteiger partial charge on any atom is 0.325 e. The molecule has 2 N–H and O–H groups in total. The van der Waals surface area contributed by atoms with Gasteiger partial charge < -0.3 is 19.9 Å². The maximum absolute atomic E-state index is 13.0. The molecule has 0 amide bonds. The average molecular weight is 400 g/mol. The molecule has 1 fully saturated rings. The number of ether oxygens (including phenoxy) is 3. The molecule has 7 nitrogen and oxygen atoms in total. The van der Waals surface area contributed by atoms with E-state index in [2.05, 4.69) is 0 Å². The summed E-state index contributed by atoms with van der Waals surface area (Å²) in [7, 11) is 0. The third-order valence-corrected chi connectivity index (χ3v) is 5.05. The summed E-state index contributed by atoms with van der Waals surface area (Å²) < 4.78 is 15.8. The fourth-order valence-corrected chi connectivity index (χ4v) is 3.81. The summed E-state index contributed by atoms with van der Waals surface area (Å²) in [5.41, 5.74) is 3.96. The summed E-state index contributed by atoms with van der Waals surface area (Å²) in [4.78, 5) is 38.4. The molecule has 0 spiro atoms. The van der Waals surface area contributed by atoms with Crippen molar-refractivity contribution in [1.82, 2.24) is 0 Å². The smallest absolute Gasteiger partial charge is 0.325 e. The van der Waals surface area contributed by atoms with E-state index >= 15 is 0 Å². The van der Waals surface area contributed by atoms with E-state index in [1.165, 1.54) is 0 Å². The minimum absolute atomic E-state index is 0.115. The van der Waals surface area contributed by atoms with Gasteiger partial charge in [-0.25, -0.2) is 0 Å². The Balaban J connectivity index is 3.21. The second-order valence-corrected chi connectivity index (χ2v) is 8.52. The number of hydrogen-bond donors (Lipinski definition) is 1. The molecule has 0 heterocycles. The van der Waals surface area contributed by atoms with Crippen LogP contribution < -0.4 is 5.73 Å². The number of rotatable bonds is 9. The zero-order valence-electron chi connectivity index (χ0n) is 18.0. The van der Waals surface area contributed by atoms with Gasteiger partial charge in [-0.1, -0.05) is 32.1 Å². The molecule has 0 aromatic rings. The van der Waals surface area contributed by atoms with Gasteiger partial charge >= 0.3 is 17.9 Å². The van der Waals surface area contributed by atoms with Crippen LogP contribution in [0.2, 0.25) is 0 Å². The molecule has 0 aliphatic heterocycles. The van der Waals surface area contributed by atoms with Gasteiger partial charge in [0.15, 0.2) is 5.41 Å². The second-order valence-electron chi connectivity index (χ2n) is 8.52. The molecular weight excluding hydrogens is 362 g/mol. The third-order valence-electron chi connectivity index (χ3n) is 5.05. The van der Waals surface area contributed by atoms with E-state index in [0.717, 1.165) is 32.1 Å². The molecule has 28 heavy (non-hydrogen) atoms. The van der Waals surface area contributed by atoms with Crippen molar-refractivity contribution < 1.29 is 28.6 Å². The van der Waals surface area contributed by atoms with Gasteiger partial charge in [0.05, 0.1) is 19.6 Å². The van der Waals surface area contributed by atoms with Crippen LogP contribution in [-0.2, 0) is 28.6 Å². The first kappa shape index (κ1) is 24.4. The number of nitrogens with two attached hydrogens (primary N) is 1. The summed E-state index contributed by atoms with van der Waals surface area (Å²) in [5, 5.41) is 0. The number of hydrogen-bond acceptors (Lipinski definition) is 7. The van der Waals surface area contributed by atoms with Gasteiger partial charge in [-0.05, 0) is 47.0 Å². The highest BCUT2D eigenvalue weighted by Crippen LogP contribution is 2.40. The molecule has 1 saturated carbocycles. The lowest BCUT2D eigenvalue weighted by Gasteiger charge is -2.37. The maximum atomic E-state index is 13.0. The quantitative estimate of drug-likeness (QED) is 0.361. The van der Waals surface area contributed by atoms with Crippen molar-refractivity contribution in [3.63, 3.8) is 0 Å². The predicted molar refractivity (Wildman–Crippen MR) is 105 cm³/mol. The van der Waals surface area contributed by atoms with Crippen molar-refractivity contribution in [3.05, 3.63) is 0 Å². The molecule has 1 aliphatic carbocycles. The molecule has 7 heteroatoms. The van der Waals surface area contributed by atoms with Gasteiger partial charge in [-0.15, -0.1) is 0 Å². The van der Waals surface area contributed by atoms with Crippen LogP contribution in [0.15, 0.2) is 0 Å². The highest BCUT2D eigenvalue weighted by Gasteiger charge is 2.55. The molecular formula is C21H37NO6. The Morgan fingerprint density at radius 3 is 1.89 bits per heavy atom. The fraction of sp³-hybridized carbons (Fsp3) is 0.857. The van der Waals surface area contributed by atoms with Crippen LogP contribution in [0.4, 0.5) is 0 Å². The van der Waals surface area contributed by atoms with Crippen molar-refractivity contribution in [2.45, 2.75) is 91.2 Å². The monoisotopic (exact) mass is 399 g/mol. The van der Waals surface area contributed by atoms with E-state index in [1.54, 1.807) is 34.6 Å². The highest BCUT2D eigenvalue weighted by atomic mass is 16.6. The van der Waals surface area contributed by atoms with Crippen molar-refractivity contribution >= 4 is 17.9 Å². The standard InChI is InChI=1S/C21H37NO6/c1-6-26-18(24)21(19(25)27-7-2,14-15-11-9-8-10-12-15)16(22)13-17(23)28-20(3,4)5/h15-16H,6-14,22H2,1-5H3. The van der Waals surface area contributed by atoms with Gasteiger partial charge in [0, 0.05) is 6.04 Å². The number of esters is 3. The van der Waals surface area contributed by atoms with Crippen LogP contribution in [0.3, 0.4) is 0 Å². The van der Waals surface area contributed by atoms with Gasteiger partial charge in [-0.2, -0.15) is 0 Å². The zero-order valence-corrected chi connectivity index (χ0v) is 18.0. The lowest BCUT2D eigenvalue weighted by atomic mass is 9.69. The number of carbonyl (C=O) groups excluding carboxylic acids is 3. The van der Waals surface area contributed by atoms with Crippen LogP contribution in [-0.4, -0.2) is 42.8 Å². The van der Waals surface area contributed by atoms with Crippen molar-refractivity contribution in [3.8, 4) is 0 Å². The van der Waals surface area contributed by atoms with E-state index in [4.69, 9.17) is 19.9 Å². The Hall–Kier alpha value is -1.63. The summed E-state index contributed by atoms with van der Waals surface area (Å²) >= 11 is 0. The summed E-state index contributed by atoms with van der Waals surface area (Å²) in [6, 6.07) is -1.08. The molecule has 1 atom stereocenters. The first-order chi connectivity index (χ1) is 13.1.